The molecule has 0 radical (unpaired) electrons. The van der Waals surface area contributed by atoms with Gasteiger partial charge < -0.3 is 11.1 Å². The largest absolute Gasteiger partial charge is 0.389 e. The zero-order valence-corrected chi connectivity index (χ0v) is 11.6. The summed E-state index contributed by atoms with van der Waals surface area (Å²) in [7, 11) is 0. The van der Waals surface area contributed by atoms with Gasteiger partial charge in [-0.15, -0.1) is 0 Å². The molecule has 7 heteroatoms. The van der Waals surface area contributed by atoms with Gasteiger partial charge in [0.25, 0.3) is 5.91 Å². The van der Waals surface area contributed by atoms with Crippen LogP contribution in [0.4, 0.5) is 8.78 Å². The molecule has 0 aliphatic rings. The third-order valence-corrected chi connectivity index (χ3v) is 2.97. The summed E-state index contributed by atoms with van der Waals surface area (Å²) in [6.07, 6.45) is 1.38. The van der Waals surface area contributed by atoms with E-state index in [-0.39, 0.29) is 22.8 Å². The Hall–Kier alpha value is -2.41. The number of nitrogens with two attached hydrogens (primary N) is 1. The average Bonchev–Trinajstić information content (AvgIpc) is 2.46. The first-order valence-electron chi connectivity index (χ1n) is 5.95. The molecular weight excluding hydrogens is 296 g/mol. The molecule has 21 heavy (non-hydrogen) atoms. The summed E-state index contributed by atoms with van der Waals surface area (Å²) in [5.41, 5.74) is 6.30. The van der Waals surface area contributed by atoms with E-state index in [2.05, 4.69) is 10.3 Å². The first-order valence-corrected chi connectivity index (χ1v) is 6.36. The van der Waals surface area contributed by atoms with Crippen LogP contribution in [-0.2, 0) is 6.54 Å². The molecule has 0 fully saturated rings. The highest BCUT2D eigenvalue weighted by Gasteiger charge is 2.09. The van der Waals surface area contributed by atoms with E-state index >= 15 is 0 Å². The van der Waals surface area contributed by atoms with Crippen LogP contribution in [0.25, 0.3) is 0 Å². The molecule has 4 nitrogen and oxygen atoms in total. The minimum Gasteiger partial charge on any atom is -0.389 e. The zero-order chi connectivity index (χ0) is 15.4. The quantitative estimate of drug-likeness (QED) is 0.847. The molecule has 2 aromatic rings. The van der Waals surface area contributed by atoms with Crippen LogP contribution < -0.4 is 11.1 Å². The Morgan fingerprint density at radius 1 is 1.29 bits per heavy atom. The van der Waals surface area contributed by atoms with Crippen LogP contribution in [-0.4, -0.2) is 15.9 Å². The minimum absolute atomic E-state index is 0.0658. The van der Waals surface area contributed by atoms with Crippen molar-refractivity contribution in [1.29, 1.82) is 0 Å². The van der Waals surface area contributed by atoms with Crippen molar-refractivity contribution in [2.45, 2.75) is 6.54 Å². The first kappa shape index (κ1) is 15.0. The number of hydrogen-bond acceptors (Lipinski definition) is 3. The van der Waals surface area contributed by atoms with Crippen LogP contribution in [0.2, 0.25) is 0 Å². The molecule has 0 aliphatic heterocycles. The molecule has 0 saturated carbocycles. The van der Waals surface area contributed by atoms with Crippen molar-refractivity contribution in [2.24, 2.45) is 5.73 Å². The highest BCUT2D eigenvalue weighted by Crippen LogP contribution is 2.09. The van der Waals surface area contributed by atoms with Crippen LogP contribution in [0.5, 0.6) is 0 Å². The number of nitrogens with one attached hydrogen (secondary N) is 1. The fourth-order valence-electron chi connectivity index (χ4n) is 1.61. The fraction of sp³-hybridized carbons (Fsp3) is 0.0714. The number of halogens is 2. The van der Waals surface area contributed by atoms with E-state index in [9.17, 15) is 13.6 Å². The van der Waals surface area contributed by atoms with E-state index < -0.39 is 17.5 Å². The second kappa shape index (κ2) is 6.36. The van der Waals surface area contributed by atoms with Crippen molar-refractivity contribution in [1.82, 2.24) is 10.3 Å². The molecule has 0 bridgehead atoms. The van der Waals surface area contributed by atoms with Gasteiger partial charge in [0.1, 0.15) is 22.3 Å². The molecule has 0 aliphatic carbocycles. The average molecular weight is 307 g/mol. The van der Waals surface area contributed by atoms with Crippen molar-refractivity contribution in [3.05, 3.63) is 65.0 Å². The Morgan fingerprint density at radius 3 is 2.62 bits per heavy atom. The van der Waals surface area contributed by atoms with Gasteiger partial charge in [-0.25, -0.2) is 8.78 Å². The van der Waals surface area contributed by atoms with Gasteiger partial charge in [-0.05, 0) is 18.2 Å². The lowest BCUT2D eigenvalue weighted by Crippen LogP contribution is -2.24. The third-order valence-electron chi connectivity index (χ3n) is 2.74. The van der Waals surface area contributed by atoms with Gasteiger partial charge in [0.15, 0.2) is 0 Å². The second-order valence-corrected chi connectivity index (χ2v) is 4.65. The van der Waals surface area contributed by atoms with Gasteiger partial charge in [0, 0.05) is 29.9 Å². The van der Waals surface area contributed by atoms with Crippen molar-refractivity contribution < 1.29 is 13.6 Å². The molecular formula is C14H11F2N3OS. The molecule has 0 atom stereocenters. The summed E-state index contributed by atoms with van der Waals surface area (Å²) in [5, 5.41) is 2.50. The van der Waals surface area contributed by atoms with Crippen LogP contribution >= 0.6 is 12.2 Å². The van der Waals surface area contributed by atoms with Gasteiger partial charge >= 0.3 is 0 Å². The van der Waals surface area contributed by atoms with Gasteiger partial charge in [-0.1, -0.05) is 18.3 Å². The predicted octanol–water partition coefficient (Wildman–Crippen LogP) is 1.92. The zero-order valence-electron chi connectivity index (χ0n) is 10.8. The van der Waals surface area contributed by atoms with E-state index in [1.165, 1.54) is 18.3 Å². The van der Waals surface area contributed by atoms with Gasteiger partial charge in [0.2, 0.25) is 0 Å². The molecule has 0 spiro atoms. The van der Waals surface area contributed by atoms with Gasteiger partial charge in [0.05, 0.1) is 0 Å². The number of amides is 1. The summed E-state index contributed by atoms with van der Waals surface area (Å²) in [4.78, 5) is 15.9. The maximum absolute atomic E-state index is 13.4. The molecule has 3 N–H and O–H groups in total. The topological polar surface area (TPSA) is 68.0 Å². The summed E-state index contributed by atoms with van der Waals surface area (Å²) >= 11 is 4.78. The number of nitrogens with zero attached hydrogens (tertiary/aromatic N) is 1. The van der Waals surface area contributed by atoms with Crippen molar-refractivity contribution in [2.75, 3.05) is 0 Å². The van der Waals surface area contributed by atoms with Gasteiger partial charge in [-0.2, -0.15) is 0 Å². The van der Waals surface area contributed by atoms with Gasteiger partial charge in [-0.3, -0.25) is 9.78 Å². The highest BCUT2D eigenvalue weighted by atomic mass is 32.1. The van der Waals surface area contributed by atoms with E-state index in [0.29, 0.717) is 5.56 Å². The van der Waals surface area contributed by atoms with E-state index in [1.807, 2.05) is 0 Å². The van der Waals surface area contributed by atoms with Crippen LogP contribution in [0.15, 0.2) is 36.5 Å². The predicted molar refractivity (Wildman–Crippen MR) is 77.7 cm³/mol. The number of hydrogen-bond donors (Lipinski definition) is 2. The Morgan fingerprint density at radius 2 is 2.05 bits per heavy atom. The molecule has 1 amide bonds. The second-order valence-electron chi connectivity index (χ2n) is 4.21. The molecule has 2 rings (SSSR count). The third kappa shape index (κ3) is 3.79. The molecule has 0 saturated heterocycles. The van der Waals surface area contributed by atoms with Crippen molar-refractivity contribution >= 4 is 23.1 Å². The number of aromatic nitrogens is 1. The van der Waals surface area contributed by atoms with Crippen LogP contribution in [0.3, 0.4) is 0 Å². The minimum atomic E-state index is -0.716. The summed E-state index contributed by atoms with van der Waals surface area (Å²) in [5.74, 6) is -1.86. The van der Waals surface area contributed by atoms with Crippen LogP contribution in [0.1, 0.15) is 21.6 Å². The number of pyridine rings is 1. The van der Waals surface area contributed by atoms with Crippen LogP contribution in [0, 0.1) is 11.6 Å². The molecule has 108 valence electrons. The Labute approximate surface area is 125 Å². The SMILES string of the molecule is NC(=S)c1ccc(C(=O)NCc2ccc(F)cc2F)nc1. The molecule has 1 heterocycles. The standard InChI is InChI=1S/C14H11F2N3OS/c15-10-3-1-8(11(16)5-10)6-19-14(20)12-4-2-9(7-18-12)13(17)21/h1-5,7H,6H2,(H2,17,21)(H,19,20). The summed E-state index contributed by atoms with van der Waals surface area (Å²) in [6.45, 7) is -0.0658. The van der Waals surface area contributed by atoms with E-state index in [1.54, 1.807) is 6.07 Å². The van der Waals surface area contributed by atoms with Crippen molar-refractivity contribution in [3.63, 3.8) is 0 Å². The summed E-state index contributed by atoms with van der Waals surface area (Å²) in [6, 6.07) is 6.19. The number of carbonyl (C=O) groups excluding carboxylic acids is 1. The number of benzene rings is 1. The Kier molecular flexibility index (Phi) is 4.54. The highest BCUT2D eigenvalue weighted by molar-refractivity contribution is 7.80. The monoisotopic (exact) mass is 307 g/mol. The maximum Gasteiger partial charge on any atom is 0.270 e. The first-order chi connectivity index (χ1) is 9.97. The summed E-state index contributed by atoms with van der Waals surface area (Å²) < 4.78 is 26.2. The number of rotatable bonds is 4. The number of carbonyl (C=O) groups is 1. The van der Waals surface area contributed by atoms with E-state index in [0.717, 1.165) is 12.1 Å². The Balaban J connectivity index is 2.02. The lowest BCUT2D eigenvalue weighted by atomic mass is 10.2. The molecule has 0 unspecified atom stereocenters. The molecule has 1 aromatic carbocycles. The fourth-order valence-corrected chi connectivity index (χ4v) is 1.73. The number of thiocarbonyl (C=S) groups is 1. The van der Waals surface area contributed by atoms with E-state index in [4.69, 9.17) is 18.0 Å². The van der Waals surface area contributed by atoms with Crippen molar-refractivity contribution in [3.8, 4) is 0 Å². The lowest BCUT2D eigenvalue weighted by molar-refractivity contribution is 0.0945. The Bertz CT molecular complexity index is 689. The normalized spacial score (nSPS) is 10.2. The lowest BCUT2D eigenvalue weighted by Gasteiger charge is -2.06. The molecule has 1 aromatic heterocycles. The maximum atomic E-state index is 13.4. The smallest absolute Gasteiger partial charge is 0.270 e.